The van der Waals surface area contributed by atoms with Crippen molar-refractivity contribution in [2.24, 2.45) is 0 Å². The lowest BCUT2D eigenvalue weighted by molar-refractivity contribution is -0.130. The van der Waals surface area contributed by atoms with Crippen LogP contribution in [0.15, 0.2) is 0 Å². The predicted molar refractivity (Wildman–Crippen MR) is 52.5 cm³/mol. The van der Waals surface area contributed by atoms with Crippen molar-refractivity contribution >= 4 is 17.5 Å². The minimum absolute atomic E-state index is 0.0559. The van der Waals surface area contributed by atoms with Crippen molar-refractivity contribution < 1.29 is 4.79 Å². The number of rotatable bonds is 5. The van der Waals surface area contributed by atoms with E-state index in [1.807, 2.05) is 4.90 Å². The molecule has 0 fully saturated rings. The van der Waals surface area contributed by atoms with Crippen LogP contribution in [0.4, 0.5) is 0 Å². The third-order valence-corrected chi connectivity index (χ3v) is 1.83. The third-order valence-electron chi connectivity index (χ3n) is 1.64. The average Bonchev–Trinajstić information content (AvgIpc) is 2.03. The number of hydrogen-bond donors (Lipinski definition) is 0. The minimum atomic E-state index is -0.386. The molecule has 0 bridgehead atoms. The van der Waals surface area contributed by atoms with Crippen molar-refractivity contribution in [3.63, 3.8) is 0 Å². The summed E-state index contributed by atoms with van der Waals surface area (Å²) < 4.78 is 0. The van der Waals surface area contributed by atoms with Crippen molar-refractivity contribution in [1.82, 2.24) is 4.90 Å². The normalized spacial score (nSPS) is 12.7. The second-order valence-corrected chi connectivity index (χ2v) is 3.60. The van der Waals surface area contributed by atoms with Gasteiger partial charge in [0.2, 0.25) is 5.91 Å². The van der Waals surface area contributed by atoms with Crippen molar-refractivity contribution in [2.75, 3.05) is 13.1 Å². The quantitative estimate of drug-likeness (QED) is 0.611. The Labute approximate surface area is 79.9 Å². The highest BCUT2D eigenvalue weighted by atomic mass is 35.5. The lowest BCUT2D eigenvalue weighted by Gasteiger charge is -2.22. The number of alkyl halides is 1. The van der Waals surface area contributed by atoms with Crippen LogP contribution < -0.4 is 0 Å². The molecular formula is C9H18ClNO. The van der Waals surface area contributed by atoms with E-state index in [4.69, 9.17) is 11.6 Å². The Morgan fingerprint density at radius 1 is 1.33 bits per heavy atom. The topological polar surface area (TPSA) is 20.3 Å². The molecule has 3 heteroatoms. The summed E-state index contributed by atoms with van der Waals surface area (Å²) >= 11 is 5.70. The summed E-state index contributed by atoms with van der Waals surface area (Å²) in [5.74, 6) is 0.0559. The van der Waals surface area contributed by atoms with Crippen LogP contribution in [0.5, 0.6) is 0 Å². The number of nitrogens with zero attached hydrogens (tertiary/aromatic N) is 1. The highest BCUT2D eigenvalue weighted by molar-refractivity contribution is 6.30. The van der Waals surface area contributed by atoms with Crippen LogP contribution in [0.2, 0.25) is 0 Å². The van der Waals surface area contributed by atoms with E-state index in [9.17, 15) is 4.79 Å². The van der Waals surface area contributed by atoms with Crippen LogP contribution in [0, 0.1) is 0 Å². The Morgan fingerprint density at radius 3 is 2.00 bits per heavy atom. The fourth-order valence-electron chi connectivity index (χ4n) is 1.12. The summed E-state index contributed by atoms with van der Waals surface area (Å²) in [4.78, 5) is 13.2. The summed E-state index contributed by atoms with van der Waals surface area (Å²) in [5, 5.41) is -0.386. The third kappa shape index (κ3) is 3.96. The minimum Gasteiger partial charge on any atom is -0.341 e. The van der Waals surface area contributed by atoms with E-state index in [-0.39, 0.29) is 11.3 Å². The maximum atomic E-state index is 11.4. The molecule has 0 heterocycles. The van der Waals surface area contributed by atoms with Gasteiger partial charge in [-0.3, -0.25) is 4.79 Å². The van der Waals surface area contributed by atoms with Gasteiger partial charge in [0.25, 0.3) is 0 Å². The van der Waals surface area contributed by atoms with Gasteiger partial charge in [0.1, 0.15) is 5.38 Å². The fourth-order valence-corrected chi connectivity index (χ4v) is 1.26. The lowest BCUT2D eigenvalue weighted by Crippen LogP contribution is -2.36. The molecule has 12 heavy (non-hydrogen) atoms. The Balaban J connectivity index is 3.99. The first-order valence-corrected chi connectivity index (χ1v) is 5.00. The van der Waals surface area contributed by atoms with Gasteiger partial charge in [0, 0.05) is 13.1 Å². The summed E-state index contributed by atoms with van der Waals surface area (Å²) in [5.41, 5.74) is 0. The van der Waals surface area contributed by atoms with E-state index in [2.05, 4.69) is 13.8 Å². The van der Waals surface area contributed by atoms with Crippen molar-refractivity contribution in [1.29, 1.82) is 0 Å². The van der Waals surface area contributed by atoms with E-state index < -0.39 is 0 Å². The smallest absolute Gasteiger partial charge is 0.240 e. The second kappa shape index (κ2) is 6.30. The van der Waals surface area contributed by atoms with Gasteiger partial charge in [-0.2, -0.15) is 0 Å². The predicted octanol–water partition coefficient (Wildman–Crippen LogP) is 2.26. The zero-order valence-electron chi connectivity index (χ0n) is 8.14. The zero-order valence-corrected chi connectivity index (χ0v) is 8.90. The number of carbonyl (C=O) groups is 1. The average molecular weight is 192 g/mol. The summed E-state index contributed by atoms with van der Waals surface area (Å²) in [6.07, 6.45) is 1.99. The Morgan fingerprint density at radius 2 is 1.75 bits per heavy atom. The summed E-state index contributed by atoms with van der Waals surface area (Å²) in [6, 6.07) is 0. The molecule has 1 atom stereocenters. The molecule has 0 saturated carbocycles. The molecule has 0 aromatic heterocycles. The maximum absolute atomic E-state index is 11.4. The molecule has 0 aliphatic carbocycles. The first-order chi connectivity index (χ1) is 5.63. The molecule has 72 valence electrons. The molecule has 0 N–H and O–H groups in total. The van der Waals surface area contributed by atoms with Gasteiger partial charge in [-0.1, -0.05) is 13.8 Å². The molecule has 0 aromatic rings. The Kier molecular flexibility index (Phi) is 6.17. The molecule has 2 nitrogen and oxygen atoms in total. The molecule has 1 amide bonds. The molecule has 0 aromatic carbocycles. The molecule has 0 aliphatic rings. The molecular weight excluding hydrogens is 174 g/mol. The highest BCUT2D eigenvalue weighted by Crippen LogP contribution is 2.03. The van der Waals surface area contributed by atoms with Gasteiger partial charge < -0.3 is 4.90 Å². The van der Waals surface area contributed by atoms with Crippen LogP contribution >= 0.6 is 11.6 Å². The maximum Gasteiger partial charge on any atom is 0.240 e. The SMILES string of the molecule is CCCN(CCC)C(=O)[C@H](C)Cl. The van der Waals surface area contributed by atoms with Gasteiger partial charge in [-0.05, 0) is 19.8 Å². The van der Waals surface area contributed by atoms with Crippen molar-refractivity contribution in [3.8, 4) is 0 Å². The second-order valence-electron chi connectivity index (χ2n) is 2.94. The largest absolute Gasteiger partial charge is 0.341 e. The number of carbonyl (C=O) groups excluding carboxylic acids is 1. The van der Waals surface area contributed by atoms with Crippen molar-refractivity contribution in [3.05, 3.63) is 0 Å². The zero-order chi connectivity index (χ0) is 9.56. The molecule has 0 spiro atoms. The Bertz CT molecular complexity index is 130. The van der Waals surface area contributed by atoms with Gasteiger partial charge >= 0.3 is 0 Å². The first-order valence-electron chi connectivity index (χ1n) is 4.56. The van der Waals surface area contributed by atoms with E-state index in [0.29, 0.717) is 0 Å². The summed E-state index contributed by atoms with van der Waals surface area (Å²) in [6.45, 7) is 7.50. The van der Waals surface area contributed by atoms with Gasteiger partial charge in [0.05, 0.1) is 0 Å². The van der Waals surface area contributed by atoms with Crippen LogP contribution in [-0.4, -0.2) is 29.3 Å². The lowest BCUT2D eigenvalue weighted by atomic mass is 10.3. The van der Waals surface area contributed by atoms with Gasteiger partial charge in [-0.25, -0.2) is 0 Å². The first kappa shape index (κ1) is 11.8. The van der Waals surface area contributed by atoms with E-state index in [0.717, 1.165) is 25.9 Å². The number of amides is 1. The molecule has 0 saturated heterocycles. The van der Waals surface area contributed by atoms with E-state index in [1.165, 1.54) is 0 Å². The Hall–Kier alpha value is -0.240. The van der Waals surface area contributed by atoms with Crippen LogP contribution in [0.1, 0.15) is 33.6 Å². The van der Waals surface area contributed by atoms with Crippen molar-refractivity contribution in [2.45, 2.75) is 39.0 Å². The van der Waals surface area contributed by atoms with Gasteiger partial charge in [0.15, 0.2) is 0 Å². The standard InChI is InChI=1S/C9H18ClNO/c1-4-6-11(7-5-2)9(12)8(3)10/h8H,4-7H2,1-3H3/t8-/m0/s1. The molecule has 0 rings (SSSR count). The monoisotopic (exact) mass is 191 g/mol. The van der Waals surface area contributed by atoms with E-state index >= 15 is 0 Å². The molecule has 0 aliphatic heterocycles. The van der Waals surface area contributed by atoms with Crippen LogP contribution in [-0.2, 0) is 4.79 Å². The fraction of sp³-hybridized carbons (Fsp3) is 0.889. The van der Waals surface area contributed by atoms with Crippen LogP contribution in [0.25, 0.3) is 0 Å². The number of hydrogen-bond acceptors (Lipinski definition) is 1. The van der Waals surface area contributed by atoms with Crippen LogP contribution in [0.3, 0.4) is 0 Å². The highest BCUT2D eigenvalue weighted by Gasteiger charge is 2.16. The summed E-state index contributed by atoms with van der Waals surface area (Å²) in [7, 11) is 0. The number of halogens is 1. The van der Waals surface area contributed by atoms with Gasteiger partial charge in [-0.15, -0.1) is 11.6 Å². The molecule has 0 radical (unpaired) electrons. The molecule has 0 unspecified atom stereocenters. The van der Waals surface area contributed by atoms with E-state index in [1.54, 1.807) is 6.92 Å².